The van der Waals surface area contributed by atoms with Gasteiger partial charge in [0, 0.05) is 12.1 Å². The molecule has 1 fully saturated rings. The third-order valence-corrected chi connectivity index (χ3v) is 4.34. The molecule has 1 aromatic rings. The Morgan fingerprint density at radius 1 is 1.28 bits per heavy atom. The van der Waals surface area contributed by atoms with Crippen molar-refractivity contribution >= 4 is 11.6 Å². The topological polar surface area (TPSA) is 21.3 Å². The van der Waals surface area contributed by atoms with Crippen LogP contribution >= 0.6 is 11.6 Å². The zero-order valence-corrected chi connectivity index (χ0v) is 12.0. The van der Waals surface area contributed by atoms with Crippen molar-refractivity contribution in [3.63, 3.8) is 0 Å². The van der Waals surface area contributed by atoms with E-state index in [-0.39, 0.29) is 11.6 Å². The minimum Gasteiger partial charge on any atom is -0.376 e. The fraction of sp³-hybridized carbons (Fsp3) is 0.600. The van der Waals surface area contributed by atoms with Crippen molar-refractivity contribution in [2.75, 3.05) is 14.2 Å². The Labute approximate surface area is 115 Å². The van der Waals surface area contributed by atoms with Crippen molar-refractivity contribution in [3.05, 3.63) is 34.9 Å². The van der Waals surface area contributed by atoms with Gasteiger partial charge in [-0.25, -0.2) is 0 Å². The summed E-state index contributed by atoms with van der Waals surface area (Å²) >= 11 is 6.10. The van der Waals surface area contributed by atoms with Crippen LogP contribution < -0.4 is 5.32 Å². The highest BCUT2D eigenvalue weighted by molar-refractivity contribution is 6.30. The minimum atomic E-state index is -0.0856. The third kappa shape index (κ3) is 2.71. The molecule has 0 amide bonds. The first-order chi connectivity index (χ1) is 8.72. The molecule has 0 bridgehead atoms. The molecule has 1 atom stereocenters. The standard InChI is InChI=1S/C15H22ClNO/c1-17-14(12-7-6-8-13(16)11-12)15(18-2)9-4-3-5-10-15/h6-8,11,14,17H,3-5,9-10H2,1-2H3. The second kappa shape index (κ2) is 6.05. The van der Waals surface area contributed by atoms with Crippen LogP contribution in [0.3, 0.4) is 0 Å². The summed E-state index contributed by atoms with van der Waals surface area (Å²) in [4.78, 5) is 0. The number of halogens is 1. The maximum Gasteiger partial charge on any atom is 0.0872 e. The fourth-order valence-electron chi connectivity index (χ4n) is 3.18. The molecular formula is C15H22ClNO. The monoisotopic (exact) mass is 267 g/mol. The molecule has 1 aliphatic carbocycles. The normalized spacial score (nSPS) is 20.6. The van der Waals surface area contributed by atoms with E-state index in [0.717, 1.165) is 17.9 Å². The Morgan fingerprint density at radius 2 is 2.00 bits per heavy atom. The van der Waals surface area contributed by atoms with Gasteiger partial charge in [-0.3, -0.25) is 0 Å². The summed E-state index contributed by atoms with van der Waals surface area (Å²) < 4.78 is 5.92. The lowest BCUT2D eigenvalue weighted by Crippen LogP contribution is -2.45. The van der Waals surface area contributed by atoms with Gasteiger partial charge in [-0.1, -0.05) is 43.0 Å². The van der Waals surface area contributed by atoms with Crippen molar-refractivity contribution in [2.45, 2.75) is 43.7 Å². The van der Waals surface area contributed by atoms with E-state index in [4.69, 9.17) is 16.3 Å². The van der Waals surface area contributed by atoms with Gasteiger partial charge >= 0.3 is 0 Å². The van der Waals surface area contributed by atoms with Crippen molar-refractivity contribution in [1.29, 1.82) is 0 Å². The summed E-state index contributed by atoms with van der Waals surface area (Å²) in [6.45, 7) is 0. The van der Waals surface area contributed by atoms with Crippen LogP contribution in [0, 0.1) is 0 Å². The molecule has 0 radical (unpaired) electrons. The molecule has 100 valence electrons. The Balaban J connectivity index is 2.31. The highest BCUT2D eigenvalue weighted by Crippen LogP contribution is 2.41. The third-order valence-electron chi connectivity index (χ3n) is 4.10. The fourth-order valence-corrected chi connectivity index (χ4v) is 3.38. The molecule has 1 aromatic carbocycles. The van der Waals surface area contributed by atoms with Crippen LogP contribution in [0.4, 0.5) is 0 Å². The van der Waals surface area contributed by atoms with Crippen molar-refractivity contribution in [3.8, 4) is 0 Å². The molecule has 1 unspecified atom stereocenters. The van der Waals surface area contributed by atoms with E-state index >= 15 is 0 Å². The summed E-state index contributed by atoms with van der Waals surface area (Å²) in [6, 6.07) is 8.30. The molecule has 0 heterocycles. The predicted octanol–water partition coefficient (Wildman–Crippen LogP) is 3.95. The van der Waals surface area contributed by atoms with Crippen molar-refractivity contribution < 1.29 is 4.74 Å². The van der Waals surface area contributed by atoms with E-state index < -0.39 is 0 Å². The van der Waals surface area contributed by atoms with Crippen LogP contribution in [-0.4, -0.2) is 19.8 Å². The number of hydrogen-bond acceptors (Lipinski definition) is 2. The smallest absolute Gasteiger partial charge is 0.0872 e. The van der Waals surface area contributed by atoms with Gasteiger partial charge in [0.05, 0.1) is 11.6 Å². The molecule has 3 heteroatoms. The van der Waals surface area contributed by atoms with E-state index in [1.165, 1.54) is 24.8 Å². The highest BCUT2D eigenvalue weighted by atomic mass is 35.5. The number of ether oxygens (including phenoxy) is 1. The Bertz CT molecular complexity index is 388. The van der Waals surface area contributed by atoms with E-state index in [0.29, 0.717) is 0 Å². The average Bonchev–Trinajstić information content (AvgIpc) is 2.41. The molecule has 1 N–H and O–H groups in total. The molecule has 0 spiro atoms. The molecule has 2 nitrogen and oxygen atoms in total. The lowest BCUT2D eigenvalue weighted by Gasteiger charge is -2.42. The van der Waals surface area contributed by atoms with Gasteiger partial charge < -0.3 is 10.1 Å². The average molecular weight is 268 g/mol. The van der Waals surface area contributed by atoms with Gasteiger partial charge in [0.25, 0.3) is 0 Å². The van der Waals surface area contributed by atoms with E-state index in [2.05, 4.69) is 11.4 Å². The van der Waals surface area contributed by atoms with Crippen LogP contribution in [0.25, 0.3) is 0 Å². The molecule has 2 rings (SSSR count). The summed E-state index contributed by atoms with van der Waals surface area (Å²) in [5, 5.41) is 4.21. The van der Waals surface area contributed by atoms with Crippen LogP contribution in [0.15, 0.2) is 24.3 Å². The number of rotatable bonds is 4. The molecule has 0 aromatic heterocycles. The predicted molar refractivity (Wildman–Crippen MR) is 76.1 cm³/mol. The van der Waals surface area contributed by atoms with Gasteiger partial charge in [0.2, 0.25) is 0 Å². The van der Waals surface area contributed by atoms with E-state index in [1.807, 2.05) is 32.4 Å². The molecule has 0 aliphatic heterocycles. The second-order valence-electron chi connectivity index (χ2n) is 5.11. The van der Waals surface area contributed by atoms with Crippen LogP contribution in [0.5, 0.6) is 0 Å². The van der Waals surface area contributed by atoms with Crippen LogP contribution in [0.1, 0.15) is 43.7 Å². The SMILES string of the molecule is CNC(c1cccc(Cl)c1)C1(OC)CCCCC1. The summed E-state index contributed by atoms with van der Waals surface area (Å²) in [5.74, 6) is 0. The van der Waals surface area contributed by atoms with Gasteiger partial charge in [0.15, 0.2) is 0 Å². The molecule has 1 aliphatic rings. The number of benzene rings is 1. The Morgan fingerprint density at radius 3 is 2.56 bits per heavy atom. The maximum atomic E-state index is 6.10. The molecule has 18 heavy (non-hydrogen) atoms. The first-order valence-corrected chi connectivity index (χ1v) is 7.07. The van der Waals surface area contributed by atoms with Gasteiger partial charge in [-0.15, -0.1) is 0 Å². The van der Waals surface area contributed by atoms with Crippen LogP contribution in [-0.2, 0) is 4.74 Å². The summed E-state index contributed by atoms with van der Waals surface area (Å²) in [6.07, 6.45) is 6.03. The molecular weight excluding hydrogens is 246 g/mol. The summed E-state index contributed by atoms with van der Waals surface area (Å²) in [5.41, 5.74) is 1.13. The largest absolute Gasteiger partial charge is 0.376 e. The van der Waals surface area contributed by atoms with Gasteiger partial charge in [-0.05, 0) is 37.6 Å². The lowest BCUT2D eigenvalue weighted by molar-refractivity contribution is -0.0671. The highest BCUT2D eigenvalue weighted by Gasteiger charge is 2.40. The number of nitrogens with one attached hydrogen (secondary N) is 1. The van der Waals surface area contributed by atoms with E-state index in [1.54, 1.807) is 0 Å². The van der Waals surface area contributed by atoms with Crippen molar-refractivity contribution in [2.24, 2.45) is 0 Å². The van der Waals surface area contributed by atoms with Gasteiger partial charge in [0.1, 0.15) is 0 Å². The number of methoxy groups -OCH3 is 1. The Kier molecular flexibility index (Phi) is 4.66. The number of hydrogen-bond donors (Lipinski definition) is 1. The van der Waals surface area contributed by atoms with Gasteiger partial charge in [-0.2, -0.15) is 0 Å². The zero-order chi connectivity index (χ0) is 13.0. The zero-order valence-electron chi connectivity index (χ0n) is 11.2. The van der Waals surface area contributed by atoms with Crippen molar-refractivity contribution in [1.82, 2.24) is 5.32 Å². The van der Waals surface area contributed by atoms with Crippen LogP contribution in [0.2, 0.25) is 5.02 Å². The second-order valence-corrected chi connectivity index (χ2v) is 5.54. The number of likely N-dealkylation sites (N-methyl/N-ethyl adjacent to an activating group) is 1. The summed E-state index contributed by atoms with van der Waals surface area (Å²) in [7, 11) is 3.83. The first kappa shape index (κ1) is 13.9. The maximum absolute atomic E-state index is 6.10. The quantitative estimate of drug-likeness (QED) is 0.892. The Hall–Kier alpha value is -0.570. The van der Waals surface area contributed by atoms with E-state index in [9.17, 15) is 0 Å². The first-order valence-electron chi connectivity index (χ1n) is 6.70. The molecule has 1 saturated carbocycles. The minimum absolute atomic E-state index is 0.0856. The molecule has 0 saturated heterocycles. The lowest BCUT2D eigenvalue weighted by atomic mass is 9.76.